The Morgan fingerprint density at radius 2 is 1.00 bits per heavy atom. The van der Waals surface area contributed by atoms with Gasteiger partial charge in [-0.05, 0) is 5.92 Å². The van der Waals surface area contributed by atoms with E-state index in [0.29, 0.717) is 0 Å². The lowest BCUT2D eigenvalue weighted by atomic mass is 10.2. The van der Waals surface area contributed by atoms with Gasteiger partial charge >= 0.3 is 0 Å². The number of hydrogen-bond acceptors (Lipinski definition) is 0. The minimum atomic E-state index is 0. The molecule has 0 N–H and O–H groups in total. The van der Waals surface area contributed by atoms with Crippen LogP contribution in [0, 0.1) is 5.92 Å². The van der Waals surface area contributed by atoms with Crippen molar-refractivity contribution in [2.75, 3.05) is 0 Å². The highest BCUT2D eigenvalue weighted by molar-refractivity contribution is 4.32. The van der Waals surface area contributed by atoms with Crippen LogP contribution < -0.4 is 0 Å². The van der Waals surface area contributed by atoms with E-state index in [-0.39, 0.29) is 7.43 Å². The molecule has 0 saturated carbocycles. The molecule has 0 atom stereocenters. The van der Waals surface area contributed by atoms with E-state index in [2.05, 4.69) is 34.6 Å². The molecule has 0 fully saturated rings. The number of rotatable bonds is 1. The van der Waals surface area contributed by atoms with Crippen LogP contribution in [0.3, 0.4) is 0 Å². The predicted octanol–water partition coefficient (Wildman–Crippen LogP) is 5.13. The molecule has 0 aromatic carbocycles. The number of hydrogen-bond donors (Lipinski definition) is 0. The zero-order valence-electron chi connectivity index (χ0n) is 8.99. The first-order valence-corrected chi connectivity index (χ1v) is 4.68. The third-order valence-electron chi connectivity index (χ3n) is 0.816. The van der Waals surface area contributed by atoms with E-state index in [1.54, 1.807) is 0 Å². The average Bonchev–Trinajstić information content (AvgIpc) is 1.94. The van der Waals surface area contributed by atoms with Crippen molar-refractivity contribution >= 4 is 0 Å². The Morgan fingerprint density at radius 3 is 1.00 bits per heavy atom. The smallest absolute Gasteiger partial charge is 0.0474 e. The van der Waals surface area contributed by atoms with Crippen LogP contribution in [0.1, 0.15) is 68.7 Å². The molecule has 0 heterocycles. The normalized spacial score (nSPS) is 6.55. The molecule has 0 amide bonds. The van der Waals surface area contributed by atoms with Crippen molar-refractivity contribution in [2.24, 2.45) is 5.92 Å². The Labute approximate surface area is 75.4 Å². The second-order valence-electron chi connectivity index (χ2n) is 2.51. The van der Waals surface area contributed by atoms with Crippen molar-refractivity contribution in [3.05, 3.63) is 0 Å². The van der Waals surface area contributed by atoms with Crippen molar-refractivity contribution < 1.29 is 0 Å². The van der Waals surface area contributed by atoms with Gasteiger partial charge in [0.25, 0.3) is 0 Å². The molecule has 0 saturated heterocycles. The van der Waals surface area contributed by atoms with Gasteiger partial charge in [-0.2, -0.15) is 0 Å². The van der Waals surface area contributed by atoms with Crippen LogP contribution in [-0.4, -0.2) is 0 Å². The summed E-state index contributed by atoms with van der Waals surface area (Å²) in [7, 11) is 0. The van der Waals surface area contributed by atoms with E-state index >= 15 is 0 Å². The van der Waals surface area contributed by atoms with Gasteiger partial charge in [-0.15, -0.1) is 0 Å². The summed E-state index contributed by atoms with van der Waals surface area (Å²) < 4.78 is 0. The topological polar surface area (TPSA) is 0 Å². The molecule has 74 valence electrons. The summed E-state index contributed by atoms with van der Waals surface area (Å²) in [6.07, 6.45) is 2.56. The SMILES string of the molecule is C.CC.CCC.CCC(C)C. The average molecular weight is 162 g/mol. The van der Waals surface area contributed by atoms with Crippen LogP contribution in [0.4, 0.5) is 0 Å². The summed E-state index contributed by atoms with van der Waals surface area (Å²) in [4.78, 5) is 0. The maximum atomic E-state index is 2.22. The minimum absolute atomic E-state index is 0. The van der Waals surface area contributed by atoms with Crippen LogP contribution >= 0.6 is 0 Å². The summed E-state index contributed by atoms with van der Waals surface area (Å²) in [6, 6.07) is 0. The van der Waals surface area contributed by atoms with Crippen molar-refractivity contribution in [1.29, 1.82) is 0 Å². The molecule has 0 aliphatic rings. The lowest BCUT2D eigenvalue weighted by Gasteiger charge is -1.90. The lowest BCUT2D eigenvalue weighted by molar-refractivity contribution is 0.626. The van der Waals surface area contributed by atoms with Gasteiger partial charge in [-0.25, -0.2) is 0 Å². The molecule has 0 spiro atoms. The van der Waals surface area contributed by atoms with E-state index in [0.717, 1.165) is 5.92 Å². The maximum Gasteiger partial charge on any atom is -0.0474 e. The van der Waals surface area contributed by atoms with Gasteiger partial charge in [-0.1, -0.05) is 68.7 Å². The van der Waals surface area contributed by atoms with Gasteiger partial charge < -0.3 is 0 Å². The summed E-state index contributed by atoms with van der Waals surface area (Å²) in [5.41, 5.74) is 0. The Balaban J connectivity index is -0.0000000360. The monoisotopic (exact) mass is 162 g/mol. The molecule has 0 aromatic rings. The molecule has 0 radical (unpaired) electrons. The second-order valence-corrected chi connectivity index (χ2v) is 2.51. The lowest BCUT2D eigenvalue weighted by Crippen LogP contribution is -1.77. The highest BCUT2D eigenvalue weighted by atomic mass is 13.9. The largest absolute Gasteiger partial charge is 0.0776 e. The van der Waals surface area contributed by atoms with Gasteiger partial charge in [0.1, 0.15) is 0 Å². The van der Waals surface area contributed by atoms with Gasteiger partial charge in [0.05, 0.1) is 0 Å². The van der Waals surface area contributed by atoms with Crippen LogP contribution in [0.5, 0.6) is 0 Å². The Morgan fingerprint density at radius 1 is 0.909 bits per heavy atom. The fourth-order valence-corrected chi connectivity index (χ4v) is 0. The van der Waals surface area contributed by atoms with Crippen molar-refractivity contribution in [3.8, 4) is 0 Å². The van der Waals surface area contributed by atoms with Gasteiger partial charge in [-0.3, -0.25) is 0 Å². The minimum Gasteiger partial charge on any atom is -0.0776 e. The molecule has 11 heavy (non-hydrogen) atoms. The maximum absolute atomic E-state index is 2.22. The van der Waals surface area contributed by atoms with E-state index in [9.17, 15) is 0 Å². The first kappa shape index (κ1) is 22.4. The standard InChI is InChI=1S/C5H12.C3H8.C2H6.CH4/c1-4-5(2)3;1-3-2;1-2;/h5H,4H2,1-3H3;3H2,1-2H3;1-2H3;1H4. The van der Waals surface area contributed by atoms with Crippen molar-refractivity contribution in [2.45, 2.75) is 68.7 Å². The molecule has 0 rings (SSSR count). The zero-order chi connectivity index (χ0) is 8.99. The third-order valence-corrected chi connectivity index (χ3v) is 0.816. The Kier molecular flexibility index (Phi) is 66.1. The molecule has 0 bridgehead atoms. The molecule has 0 heteroatoms. The van der Waals surface area contributed by atoms with Gasteiger partial charge in [0, 0.05) is 0 Å². The first-order valence-electron chi connectivity index (χ1n) is 4.68. The predicted molar refractivity (Wildman–Crippen MR) is 59.2 cm³/mol. The van der Waals surface area contributed by atoms with Crippen LogP contribution in [0.15, 0.2) is 0 Å². The van der Waals surface area contributed by atoms with Crippen LogP contribution in [0.2, 0.25) is 0 Å². The summed E-state index contributed by atoms with van der Waals surface area (Å²) in [5.74, 6) is 0.884. The molecule has 0 aliphatic carbocycles. The fraction of sp³-hybridized carbons (Fsp3) is 1.00. The highest BCUT2D eigenvalue weighted by Crippen LogP contribution is 1.93. The summed E-state index contributed by atoms with van der Waals surface area (Å²) >= 11 is 0. The van der Waals surface area contributed by atoms with Gasteiger partial charge in [0.2, 0.25) is 0 Å². The zero-order valence-corrected chi connectivity index (χ0v) is 8.99. The van der Waals surface area contributed by atoms with Crippen molar-refractivity contribution in [3.63, 3.8) is 0 Å². The Bertz CT molecular complexity index is 21.2. The summed E-state index contributed by atoms with van der Waals surface area (Å²) in [5, 5.41) is 0. The quantitative estimate of drug-likeness (QED) is 0.501. The second kappa shape index (κ2) is 32.4. The van der Waals surface area contributed by atoms with E-state index in [1.165, 1.54) is 12.8 Å². The molecule has 0 unspecified atom stereocenters. The molecule has 0 aromatic heterocycles. The van der Waals surface area contributed by atoms with Crippen molar-refractivity contribution in [1.82, 2.24) is 0 Å². The third kappa shape index (κ3) is 160. The van der Waals surface area contributed by atoms with Gasteiger partial charge in [0.15, 0.2) is 0 Å². The highest BCUT2D eigenvalue weighted by Gasteiger charge is 1.80. The van der Waals surface area contributed by atoms with Crippen LogP contribution in [-0.2, 0) is 0 Å². The van der Waals surface area contributed by atoms with E-state index in [1.807, 2.05) is 13.8 Å². The summed E-state index contributed by atoms with van der Waals surface area (Å²) in [6.45, 7) is 14.9. The molecular formula is C11H30. The molecule has 0 nitrogen and oxygen atoms in total. The Hall–Kier alpha value is 0. The molecule has 0 aliphatic heterocycles. The van der Waals surface area contributed by atoms with Crippen LogP contribution in [0.25, 0.3) is 0 Å². The first-order chi connectivity index (χ1) is 4.68. The van der Waals surface area contributed by atoms with E-state index in [4.69, 9.17) is 0 Å². The molecular weight excluding hydrogens is 132 g/mol. The van der Waals surface area contributed by atoms with E-state index < -0.39 is 0 Å². The fourth-order valence-electron chi connectivity index (χ4n) is 0.